The van der Waals surface area contributed by atoms with Crippen LogP contribution in [0.3, 0.4) is 0 Å². The Labute approximate surface area is 208 Å². The van der Waals surface area contributed by atoms with Crippen LogP contribution in [-0.4, -0.2) is 0 Å². The van der Waals surface area contributed by atoms with Gasteiger partial charge in [0.15, 0.2) is 0 Å². The summed E-state index contributed by atoms with van der Waals surface area (Å²) in [7, 11) is 0. The van der Waals surface area contributed by atoms with E-state index in [1.54, 1.807) is 0 Å². The van der Waals surface area contributed by atoms with Crippen LogP contribution in [0.2, 0.25) is 0 Å². The van der Waals surface area contributed by atoms with Gasteiger partial charge in [0.05, 0.1) is 0 Å². The van der Waals surface area contributed by atoms with E-state index in [-0.39, 0.29) is 0 Å². The molecule has 0 saturated heterocycles. The summed E-state index contributed by atoms with van der Waals surface area (Å²) in [6.07, 6.45) is 0. The van der Waals surface area contributed by atoms with E-state index in [9.17, 15) is 0 Å². The van der Waals surface area contributed by atoms with Crippen LogP contribution in [0.25, 0.3) is 21.5 Å². The minimum absolute atomic E-state index is 1.26. The van der Waals surface area contributed by atoms with Crippen molar-refractivity contribution in [2.24, 2.45) is 0 Å². The summed E-state index contributed by atoms with van der Waals surface area (Å²) in [4.78, 5) is 0. The molecule has 0 spiro atoms. The van der Waals surface area contributed by atoms with Gasteiger partial charge in [-0.1, -0.05) is 0 Å². The predicted octanol–water partition coefficient (Wildman–Crippen LogP) is 7.46. The van der Waals surface area contributed by atoms with E-state index < -0.39 is 5.31 Å². The van der Waals surface area contributed by atoms with E-state index >= 15 is 0 Å². The molecule has 164 valence electrons. The standard InChI is InChI=1S/C32H24BrP/c33-34(28-16-4-1-5-17-28,29-18-6-2-7-19-29,30-20-8-3-9-21-30)32-22-12-15-27-23-25-13-10-11-14-26(25)24-31(27)32/h1-24H. The fourth-order valence-corrected chi connectivity index (χ4v) is 13.3. The molecule has 0 aliphatic carbocycles. The van der Waals surface area contributed by atoms with Gasteiger partial charge in [0, 0.05) is 0 Å². The molecule has 0 unspecified atom stereocenters. The van der Waals surface area contributed by atoms with Gasteiger partial charge in [-0.25, -0.2) is 0 Å². The Morgan fingerprint density at radius 3 is 1.29 bits per heavy atom. The number of rotatable bonds is 4. The molecule has 0 fully saturated rings. The summed E-state index contributed by atoms with van der Waals surface area (Å²) in [6, 6.07) is 53.1. The zero-order valence-electron chi connectivity index (χ0n) is 18.7. The Morgan fingerprint density at radius 2 is 0.794 bits per heavy atom. The van der Waals surface area contributed by atoms with Crippen molar-refractivity contribution >= 4 is 63.6 Å². The third kappa shape index (κ3) is 3.01. The molecule has 0 nitrogen and oxygen atoms in total. The Balaban J connectivity index is 1.87. The Morgan fingerprint density at radius 1 is 0.382 bits per heavy atom. The van der Waals surface area contributed by atoms with Crippen molar-refractivity contribution in [1.82, 2.24) is 0 Å². The number of fused-ring (bicyclic) bond motifs is 2. The van der Waals surface area contributed by atoms with Crippen molar-refractivity contribution in [1.29, 1.82) is 0 Å². The van der Waals surface area contributed by atoms with E-state index in [4.69, 9.17) is 0 Å². The minimum atomic E-state index is -3.27. The first-order valence-electron chi connectivity index (χ1n) is 11.5. The van der Waals surface area contributed by atoms with Gasteiger partial charge in [-0.05, 0) is 0 Å². The molecule has 2 heteroatoms. The topological polar surface area (TPSA) is 0 Å². The van der Waals surface area contributed by atoms with Crippen LogP contribution in [-0.2, 0) is 0 Å². The fraction of sp³-hybridized carbons (Fsp3) is 0. The number of hydrogen-bond donors (Lipinski definition) is 0. The van der Waals surface area contributed by atoms with Crippen molar-refractivity contribution in [3.8, 4) is 0 Å². The Bertz CT molecular complexity index is 1510. The molecule has 6 aromatic rings. The maximum absolute atomic E-state index is 4.64. The van der Waals surface area contributed by atoms with E-state index in [1.807, 2.05) is 0 Å². The second-order valence-electron chi connectivity index (χ2n) is 8.71. The van der Waals surface area contributed by atoms with Gasteiger partial charge in [0.1, 0.15) is 0 Å². The molecule has 0 aliphatic heterocycles. The quantitative estimate of drug-likeness (QED) is 0.168. The predicted molar refractivity (Wildman–Crippen MR) is 155 cm³/mol. The van der Waals surface area contributed by atoms with E-state index in [1.165, 1.54) is 42.8 Å². The van der Waals surface area contributed by atoms with Crippen LogP contribution >= 0.6 is 20.8 Å². The maximum atomic E-state index is 4.64. The molecule has 6 rings (SSSR count). The number of benzene rings is 6. The summed E-state index contributed by atoms with van der Waals surface area (Å²) in [5, 5.41) is 7.02. The molecule has 0 atom stereocenters. The molecular formula is C32H24BrP. The zero-order chi connectivity index (χ0) is 23.0. The number of halogens is 1. The average Bonchev–Trinajstić information content (AvgIpc) is 2.93. The van der Waals surface area contributed by atoms with Crippen molar-refractivity contribution in [3.63, 3.8) is 0 Å². The van der Waals surface area contributed by atoms with Gasteiger partial charge in [-0.3, -0.25) is 0 Å². The van der Waals surface area contributed by atoms with E-state index in [0.717, 1.165) is 0 Å². The third-order valence-corrected chi connectivity index (χ3v) is 16.8. The monoisotopic (exact) mass is 518 g/mol. The van der Waals surface area contributed by atoms with Crippen LogP contribution in [0.5, 0.6) is 0 Å². The second kappa shape index (κ2) is 8.20. The SMILES string of the molecule is BrP(c1ccccc1)(c1ccccc1)(c1ccccc1)c1cccc2cc3ccccc3cc12. The van der Waals surface area contributed by atoms with Crippen molar-refractivity contribution < 1.29 is 0 Å². The first-order chi connectivity index (χ1) is 16.7. The first kappa shape index (κ1) is 21.3. The van der Waals surface area contributed by atoms with Crippen LogP contribution < -0.4 is 21.2 Å². The first-order valence-corrected chi connectivity index (χ1v) is 15.8. The molecular weight excluding hydrogens is 495 g/mol. The van der Waals surface area contributed by atoms with Crippen molar-refractivity contribution in [2.45, 2.75) is 0 Å². The third-order valence-electron chi connectivity index (χ3n) is 6.90. The summed E-state index contributed by atoms with van der Waals surface area (Å²) in [5.41, 5.74) is 0. The molecule has 0 saturated carbocycles. The summed E-state index contributed by atoms with van der Waals surface area (Å²) in [6.45, 7) is 0. The fourth-order valence-electron chi connectivity index (χ4n) is 5.30. The normalized spacial score (nSPS) is 12.9. The van der Waals surface area contributed by atoms with Gasteiger partial charge < -0.3 is 0 Å². The van der Waals surface area contributed by atoms with E-state index in [2.05, 4.69) is 161 Å². The van der Waals surface area contributed by atoms with Gasteiger partial charge in [0.25, 0.3) is 0 Å². The molecule has 0 radical (unpaired) electrons. The Kier molecular flexibility index (Phi) is 5.14. The second-order valence-corrected chi connectivity index (χ2v) is 17.0. The van der Waals surface area contributed by atoms with Crippen LogP contribution in [0.1, 0.15) is 0 Å². The van der Waals surface area contributed by atoms with Gasteiger partial charge in [-0.2, -0.15) is 0 Å². The van der Waals surface area contributed by atoms with Crippen LogP contribution in [0, 0.1) is 0 Å². The van der Waals surface area contributed by atoms with E-state index in [0.29, 0.717) is 0 Å². The number of hydrogen-bond acceptors (Lipinski definition) is 0. The van der Waals surface area contributed by atoms with Gasteiger partial charge in [-0.15, -0.1) is 0 Å². The molecule has 0 aromatic heterocycles. The molecule has 6 aromatic carbocycles. The van der Waals surface area contributed by atoms with Gasteiger partial charge in [0.2, 0.25) is 0 Å². The van der Waals surface area contributed by atoms with Gasteiger partial charge >= 0.3 is 209 Å². The zero-order valence-corrected chi connectivity index (χ0v) is 21.2. The van der Waals surface area contributed by atoms with Crippen LogP contribution in [0.4, 0.5) is 0 Å². The molecule has 0 amide bonds. The van der Waals surface area contributed by atoms with Crippen LogP contribution in [0.15, 0.2) is 146 Å². The summed E-state index contributed by atoms with van der Waals surface area (Å²) in [5.74, 6) is 0. The molecule has 0 bridgehead atoms. The molecule has 0 heterocycles. The summed E-state index contributed by atoms with van der Waals surface area (Å²) < 4.78 is 0. The summed E-state index contributed by atoms with van der Waals surface area (Å²) >= 11 is 4.64. The van der Waals surface area contributed by atoms with Crippen molar-refractivity contribution in [2.75, 3.05) is 0 Å². The Hall–Kier alpha value is -3.25. The average molecular weight is 519 g/mol. The molecule has 0 aliphatic rings. The molecule has 0 N–H and O–H groups in total. The van der Waals surface area contributed by atoms with Crippen molar-refractivity contribution in [3.05, 3.63) is 146 Å². The molecule has 34 heavy (non-hydrogen) atoms.